The summed E-state index contributed by atoms with van der Waals surface area (Å²) in [5, 5.41) is 0. The van der Waals surface area contributed by atoms with Crippen molar-refractivity contribution in [3.05, 3.63) is 0 Å². The lowest BCUT2D eigenvalue weighted by Gasteiger charge is -2.35. The maximum atomic E-state index is 5.27. The van der Waals surface area contributed by atoms with Gasteiger partial charge in [-0.2, -0.15) is 0 Å². The summed E-state index contributed by atoms with van der Waals surface area (Å²) in [6.07, 6.45) is 0.541. The minimum atomic E-state index is 0.541. The molecule has 0 bridgehead atoms. The third-order valence-corrected chi connectivity index (χ3v) is 2.32. The van der Waals surface area contributed by atoms with Gasteiger partial charge in [0, 0.05) is 13.1 Å². The zero-order valence-electron chi connectivity index (χ0n) is 7.71. The molecule has 0 amide bonds. The highest BCUT2D eigenvalue weighted by molar-refractivity contribution is 4.67. The highest BCUT2D eigenvalue weighted by atomic mass is 16.5. The second-order valence-corrected chi connectivity index (χ2v) is 3.24. The number of hydrogen-bond acceptors (Lipinski definition) is 3. The molecule has 1 atom stereocenters. The molecule has 1 saturated heterocycles. The predicted octanol–water partition coefficient (Wildman–Crippen LogP) is 0.226. The van der Waals surface area contributed by atoms with Crippen LogP contribution in [-0.4, -0.2) is 56.4 Å². The smallest absolute Gasteiger partial charge is 0.0594 e. The van der Waals surface area contributed by atoms with E-state index in [1.165, 1.54) is 0 Å². The Morgan fingerprint density at radius 3 is 2.27 bits per heavy atom. The number of rotatable bonds is 2. The van der Waals surface area contributed by atoms with E-state index < -0.39 is 0 Å². The zero-order chi connectivity index (χ0) is 8.27. The number of morpholine rings is 1. The molecule has 0 radical (unpaired) electrons. The van der Waals surface area contributed by atoms with Crippen LogP contribution in [0.4, 0.5) is 0 Å². The van der Waals surface area contributed by atoms with E-state index in [4.69, 9.17) is 4.74 Å². The van der Waals surface area contributed by atoms with Gasteiger partial charge in [-0.3, -0.25) is 9.80 Å². The molecule has 1 aliphatic heterocycles. The van der Waals surface area contributed by atoms with Gasteiger partial charge in [-0.05, 0) is 21.0 Å². The maximum absolute atomic E-state index is 5.27. The maximum Gasteiger partial charge on any atom is 0.0594 e. The van der Waals surface area contributed by atoms with Crippen molar-refractivity contribution in [3.8, 4) is 0 Å². The van der Waals surface area contributed by atoms with E-state index in [2.05, 4.69) is 30.8 Å². The Morgan fingerprint density at radius 2 is 1.82 bits per heavy atom. The van der Waals surface area contributed by atoms with Crippen molar-refractivity contribution in [2.75, 3.05) is 40.4 Å². The first-order valence-corrected chi connectivity index (χ1v) is 4.20. The van der Waals surface area contributed by atoms with Crippen molar-refractivity contribution >= 4 is 0 Å². The monoisotopic (exact) mass is 158 g/mol. The Balaban J connectivity index is 2.32. The highest BCUT2D eigenvalue weighted by Crippen LogP contribution is 2.04. The van der Waals surface area contributed by atoms with Gasteiger partial charge in [0.25, 0.3) is 0 Å². The van der Waals surface area contributed by atoms with Crippen molar-refractivity contribution in [1.82, 2.24) is 9.80 Å². The number of nitrogens with zero attached hydrogens (tertiary/aromatic N) is 2. The van der Waals surface area contributed by atoms with E-state index in [1.807, 2.05) is 0 Å². The summed E-state index contributed by atoms with van der Waals surface area (Å²) in [4.78, 5) is 4.66. The van der Waals surface area contributed by atoms with E-state index in [9.17, 15) is 0 Å². The Morgan fingerprint density at radius 1 is 1.27 bits per heavy atom. The fourth-order valence-electron chi connectivity index (χ4n) is 1.28. The molecule has 0 aliphatic carbocycles. The Hall–Kier alpha value is -0.120. The quantitative estimate of drug-likeness (QED) is 0.572. The molecule has 66 valence electrons. The average molecular weight is 158 g/mol. The third kappa shape index (κ3) is 2.43. The van der Waals surface area contributed by atoms with Gasteiger partial charge in [-0.1, -0.05) is 0 Å². The molecule has 0 N–H and O–H groups in total. The van der Waals surface area contributed by atoms with Gasteiger partial charge in [0.05, 0.1) is 19.4 Å². The molecule has 3 nitrogen and oxygen atoms in total. The van der Waals surface area contributed by atoms with E-state index in [0.29, 0.717) is 6.17 Å². The molecule has 0 aromatic rings. The number of hydrogen-bond donors (Lipinski definition) is 0. The summed E-state index contributed by atoms with van der Waals surface area (Å²) in [6.45, 7) is 6.14. The Kier molecular flexibility index (Phi) is 3.30. The lowest BCUT2D eigenvalue weighted by atomic mass is 10.3. The van der Waals surface area contributed by atoms with Gasteiger partial charge in [-0.15, -0.1) is 0 Å². The van der Waals surface area contributed by atoms with Gasteiger partial charge in [0.1, 0.15) is 0 Å². The van der Waals surface area contributed by atoms with Crippen LogP contribution in [0.5, 0.6) is 0 Å². The zero-order valence-corrected chi connectivity index (χ0v) is 7.71. The van der Waals surface area contributed by atoms with Crippen LogP contribution >= 0.6 is 0 Å². The van der Waals surface area contributed by atoms with Gasteiger partial charge in [0.15, 0.2) is 0 Å². The SMILES string of the molecule is CC(N(C)C)N1CCOCC1. The van der Waals surface area contributed by atoms with E-state index in [-0.39, 0.29) is 0 Å². The highest BCUT2D eigenvalue weighted by Gasteiger charge is 2.17. The molecule has 0 spiro atoms. The van der Waals surface area contributed by atoms with Crippen LogP contribution < -0.4 is 0 Å². The predicted molar refractivity (Wildman–Crippen MR) is 45.5 cm³/mol. The van der Waals surface area contributed by atoms with Crippen LogP contribution in [-0.2, 0) is 4.74 Å². The van der Waals surface area contributed by atoms with Crippen LogP contribution in [0.15, 0.2) is 0 Å². The molecule has 3 heteroatoms. The molecule has 1 heterocycles. The van der Waals surface area contributed by atoms with Crippen LogP contribution in [0.1, 0.15) is 6.92 Å². The molecule has 1 rings (SSSR count). The third-order valence-electron chi connectivity index (χ3n) is 2.32. The van der Waals surface area contributed by atoms with Gasteiger partial charge in [-0.25, -0.2) is 0 Å². The first kappa shape index (κ1) is 8.97. The minimum Gasteiger partial charge on any atom is -0.379 e. The molecular weight excluding hydrogens is 140 g/mol. The molecule has 11 heavy (non-hydrogen) atoms. The summed E-state index contributed by atoms with van der Waals surface area (Å²) >= 11 is 0. The second-order valence-electron chi connectivity index (χ2n) is 3.24. The summed E-state index contributed by atoms with van der Waals surface area (Å²) in [6, 6.07) is 0. The summed E-state index contributed by atoms with van der Waals surface area (Å²) < 4.78 is 5.27. The largest absolute Gasteiger partial charge is 0.379 e. The van der Waals surface area contributed by atoms with Crippen molar-refractivity contribution in [2.45, 2.75) is 13.1 Å². The average Bonchev–Trinajstić information content (AvgIpc) is 2.05. The summed E-state index contributed by atoms with van der Waals surface area (Å²) in [5.41, 5.74) is 0. The molecule has 1 fully saturated rings. The van der Waals surface area contributed by atoms with Crippen molar-refractivity contribution in [2.24, 2.45) is 0 Å². The van der Waals surface area contributed by atoms with Crippen LogP contribution in [0.3, 0.4) is 0 Å². The van der Waals surface area contributed by atoms with Gasteiger partial charge in [0.2, 0.25) is 0 Å². The minimum absolute atomic E-state index is 0.541. The molecule has 1 aliphatic rings. The summed E-state index contributed by atoms with van der Waals surface area (Å²) in [5.74, 6) is 0. The van der Waals surface area contributed by atoms with Gasteiger partial charge < -0.3 is 4.74 Å². The van der Waals surface area contributed by atoms with Crippen molar-refractivity contribution in [3.63, 3.8) is 0 Å². The molecule has 0 aromatic heterocycles. The normalized spacial score (nSPS) is 24.0. The fraction of sp³-hybridized carbons (Fsp3) is 1.00. The van der Waals surface area contributed by atoms with E-state index in [0.717, 1.165) is 26.3 Å². The van der Waals surface area contributed by atoms with Crippen LogP contribution in [0.2, 0.25) is 0 Å². The molecular formula is C8H18N2O. The van der Waals surface area contributed by atoms with Crippen molar-refractivity contribution in [1.29, 1.82) is 0 Å². The van der Waals surface area contributed by atoms with E-state index >= 15 is 0 Å². The summed E-state index contributed by atoms with van der Waals surface area (Å²) in [7, 11) is 4.22. The lowest BCUT2D eigenvalue weighted by Crippen LogP contribution is -2.48. The fourth-order valence-corrected chi connectivity index (χ4v) is 1.28. The lowest BCUT2D eigenvalue weighted by molar-refractivity contribution is -0.0128. The van der Waals surface area contributed by atoms with Crippen LogP contribution in [0.25, 0.3) is 0 Å². The Bertz CT molecular complexity index is 111. The van der Waals surface area contributed by atoms with Crippen molar-refractivity contribution < 1.29 is 4.74 Å². The topological polar surface area (TPSA) is 15.7 Å². The number of ether oxygens (including phenoxy) is 1. The van der Waals surface area contributed by atoms with Crippen LogP contribution in [0, 0.1) is 0 Å². The molecule has 0 aromatic carbocycles. The Labute approximate surface area is 68.9 Å². The van der Waals surface area contributed by atoms with E-state index in [1.54, 1.807) is 0 Å². The van der Waals surface area contributed by atoms with Gasteiger partial charge >= 0.3 is 0 Å². The molecule has 1 unspecified atom stereocenters. The molecule has 0 saturated carbocycles. The first-order valence-electron chi connectivity index (χ1n) is 4.20. The second kappa shape index (κ2) is 4.04. The first-order chi connectivity index (χ1) is 5.22. The standard InChI is InChI=1S/C8H18N2O/c1-8(9(2)3)10-4-6-11-7-5-10/h8H,4-7H2,1-3H3.